The van der Waals surface area contributed by atoms with Gasteiger partial charge in [-0.1, -0.05) is 0 Å². The molecule has 0 radical (unpaired) electrons. The van der Waals surface area contributed by atoms with E-state index in [0.717, 1.165) is 12.1 Å². The largest absolute Gasteiger partial charge is 0.311 e. The van der Waals surface area contributed by atoms with Crippen molar-refractivity contribution >= 4 is 11.3 Å². The van der Waals surface area contributed by atoms with E-state index in [9.17, 15) is 0 Å². The second kappa shape index (κ2) is 3.07. The summed E-state index contributed by atoms with van der Waals surface area (Å²) in [5.41, 5.74) is 3.35. The molecule has 70 valence electrons. The fourth-order valence-corrected chi connectivity index (χ4v) is 2.92. The van der Waals surface area contributed by atoms with Gasteiger partial charge in [-0.3, -0.25) is 0 Å². The number of nitrogens with one attached hydrogen (secondary N) is 1. The van der Waals surface area contributed by atoms with Crippen molar-refractivity contribution in [1.29, 1.82) is 0 Å². The minimum absolute atomic E-state index is 0.737. The van der Waals surface area contributed by atoms with Gasteiger partial charge in [0.25, 0.3) is 0 Å². The summed E-state index contributed by atoms with van der Waals surface area (Å²) in [6.07, 6.45) is 6.48. The molecule has 1 fully saturated rings. The highest BCUT2D eigenvalue weighted by Crippen LogP contribution is 2.27. The van der Waals surface area contributed by atoms with E-state index in [-0.39, 0.29) is 0 Å². The van der Waals surface area contributed by atoms with Crippen LogP contribution in [0.25, 0.3) is 0 Å². The first-order chi connectivity index (χ1) is 6.42. The third kappa shape index (κ3) is 1.63. The average Bonchev–Trinajstić information content (AvgIpc) is 2.83. The van der Waals surface area contributed by atoms with Gasteiger partial charge in [-0.25, -0.2) is 4.98 Å². The second-order valence-electron chi connectivity index (χ2n) is 4.10. The van der Waals surface area contributed by atoms with E-state index in [2.05, 4.69) is 10.3 Å². The summed E-state index contributed by atoms with van der Waals surface area (Å²) in [6, 6.07) is 1.58. The lowest BCUT2D eigenvalue weighted by atomic mass is 9.98. The molecule has 1 heterocycles. The summed E-state index contributed by atoms with van der Waals surface area (Å²) in [5.74, 6) is 0. The second-order valence-corrected chi connectivity index (χ2v) is 5.04. The molecule has 1 aromatic heterocycles. The van der Waals surface area contributed by atoms with E-state index in [1.165, 1.54) is 42.7 Å². The van der Waals surface area contributed by atoms with E-state index in [4.69, 9.17) is 0 Å². The van der Waals surface area contributed by atoms with Gasteiger partial charge in [0.1, 0.15) is 0 Å². The molecule has 2 aliphatic carbocycles. The molecule has 1 unspecified atom stereocenters. The van der Waals surface area contributed by atoms with Crippen LogP contribution in [-0.2, 0) is 12.8 Å². The standard InChI is InChI=1S/C10H14N2S/c1-2-7(1)12-8-3-4-9-10(5-8)13-6-11-9/h6-8,12H,1-5H2. The lowest BCUT2D eigenvalue weighted by Crippen LogP contribution is -2.35. The Morgan fingerprint density at radius 1 is 1.31 bits per heavy atom. The highest BCUT2D eigenvalue weighted by atomic mass is 32.1. The number of rotatable bonds is 2. The predicted octanol–water partition coefficient (Wildman–Crippen LogP) is 1.75. The van der Waals surface area contributed by atoms with Gasteiger partial charge in [0.15, 0.2) is 0 Å². The molecule has 1 saturated carbocycles. The molecular formula is C10H14N2S. The van der Waals surface area contributed by atoms with Gasteiger partial charge in [0, 0.05) is 17.0 Å². The number of aryl methyl sites for hydroxylation is 1. The first kappa shape index (κ1) is 7.94. The molecule has 0 amide bonds. The Balaban J connectivity index is 1.69. The van der Waals surface area contributed by atoms with E-state index in [1.807, 2.05) is 16.8 Å². The highest BCUT2D eigenvalue weighted by Gasteiger charge is 2.27. The minimum atomic E-state index is 0.737. The Bertz CT molecular complexity index is 304. The Morgan fingerprint density at radius 3 is 3.08 bits per heavy atom. The van der Waals surface area contributed by atoms with Crippen molar-refractivity contribution in [1.82, 2.24) is 10.3 Å². The molecule has 3 rings (SSSR count). The Labute approximate surface area is 82.4 Å². The first-order valence-electron chi connectivity index (χ1n) is 5.09. The third-order valence-corrected chi connectivity index (χ3v) is 3.83. The number of aromatic nitrogens is 1. The monoisotopic (exact) mass is 194 g/mol. The van der Waals surface area contributed by atoms with Gasteiger partial charge in [0.05, 0.1) is 11.2 Å². The van der Waals surface area contributed by atoms with Crippen molar-refractivity contribution in [2.75, 3.05) is 0 Å². The number of nitrogens with zero attached hydrogens (tertiary/aromatic N) is 1. The molecule has 1 N–H and O–H groups in total. The normalized spacial score (nSPS) is 27.2. The molecule has 1 atom stereocenters. The molecule has 0 aliphatic heterocycles. The van der Waals surface area contributed by atoms with Crippen molar-refractivity contribution in [3.05, 3.63) is 16.1 Å². The summed E-state index contributed by atoms with van der Waals surface area (Å²) >= 11 is 1.83. The summed E-state index contributed by atoms with van der Waals surface area (Å²) in [4.78, 5) is 5.89. The maximum atomic E-state index is 4.38. The van der Waals surface area contributed by atoms with E-state index >= 15 is 0 Å². The molecule has 0 aromatic carbocycles. The zero-order chi connectivity index (χ0) is 8.67. The summed E-state index contributed by atoms with van der Waals surface area (Å²) < 4.78 is 0. The molecule has 3 heteroatoms. The molecule has 2 nitrogen and oxygen atoms in total. The quantitative estimate of drug-likeness (QED) is 0.776. The SMILES string of the molecule is c1nc2c(s1)CC(NC1CC1)CC2. The number of hydrogen-bond acceptors (Lipinski definition) is 3. The first-order valence-corrected chi connectivity index (χ1v) is 5.97. The molecule has 1 aromatic rings. The summed E-state index contributed by atoms with van der Waals surface area (Å²) in [6.45, 7) is 0. The fourth-order valence-electron chi connectivity index (χ4n) is 2.03. The van der Waals surface area contributed by atoms with Gasteiger partial charge >= 0.3 is 0 Å². The van der Waals surface area contributed by atoms with Crippen LogP contribution < -0.4 is 5.32 Å². The Kier molecular flexibility index (Phi) is 1.87. The van der Waals surface area contributed by atoms with Gasteiger partial charge in [0.2, 0.25) is 0 Å². The van der Waals surface area contributed by atoms with Crippen molar-refractivity contribution < 1.29 is 0 Å². The lowest BCUT2D eigenvalue weighted by molar-refractivity contribution is 0.456. The topological polar surface area (TPSA) is 24.9 Å². The molecule has 13 heavy (non-hydrogen) atoms. The molecular weight excluding hydrogens is 180 g/mol. The van der Waals surface area contributed by atoms with Crippen LogP contribution in [-0.4, -0.2) is 17.1 Å². The zero-order valence-corrected chi connectivity index (χ0v) is 8.44. The van der Waals surface area contributed by atoms with Crippen molar-refractivity contribution in [3.63, 3.8) is 0 Å². The van der Waals surface area contributed by atoms with Crippen molar-refractivity contribution in [2.24, 2.45) is 0 Å². The van der Waals surface area contributed by atoms with Crippen LogP contribution in [0.1, 0.15) is 29.8 Å². The Hall–Kier alpha value is -0.410. The number of thiazole rings is 1. The van der Waals surface area contributed by atoms with Gasteiger partial charge < -0.3 is 5.32 Å². The lowest BCUT2D eigenvalue weighted by Gasteiger charge is -2.22. The fraction of sp³-hybridized carbons (Fsp3) is 0.700. The van der Waals surface area contributed by atoms with E-state index in [0.29, 0.717) is 0 Å². The summed E-state index contributed by atoms with van der Waals surface area (Å²) in [7, 11) is 0. The van der Waals surface area contributed by atoms with Crippen molar-refractivity contribution in [3.8, 4) is 0 Å². The van der Waals surface area contributed by atoms with Gasteiger partial charge in [-0.2, -0.15) is 0 Å². The zero-order valence-electron chi connectivity index (χ0n) is 7.62. The van der Waals surface area contributed by atoms with E-state index < -0.39 is 0 Å². The van der Waals surface area contributed by atoms with Crippen LogP contribution in [0.5, 0.6) is 0 Å². The minimum Gasteiger partial charge on any atom is -0.311 e. The van der Waals surface area contributed by atoms with Crippen LogP contribution in [0.4, 0.5) is 0 Å². The third-order valence-electron chi connectivity index (χ3n) is 2.94. The summed E-state index contributed by atoms with van der Waals surface area (Å²) in [5, 5.41) is 3.70. The van der Waals surface area contributed by atoms with Crippen LogP contribution in [0.3, 0.4) is 0 Å². The smallest absolute Gasteiger partial charge is 0.0797 e. The molecule has 0 saturated heterocycles. The van der Waals surface area contributed by atoms with Crippen LogP contribution >= 0.6 is 11.3 Å². The molecule has 2 aliphatic rings. The van der Waals surface area contributed by atoms with Gasteiger partial charge in [-0.15, -0.1) is 11.3 Å². The van der Waals surface area contributed by atoms with Crippen LogP contribution in [0.15, 0.2) is 5.51 Å². The predicted molar refractivity (Wildman–Crippen MR) is 54.1 cm³/mol. The maximum absolute atomic E-state index is 4.38. The van der Waals surface area contributed by atoms with Gasteiger partial charge in [-0.05, 0) is 32.1 Å². The van der Waals surface area contributed by atoms with Crippen molar-refractivity contribution in [2.45, 2.75) is 44.2 Å². The Morgan fingerprint density at radius 2 is 2.23 bits per heavy atom. The highest BCUT2D eigenvalue weighted by molar-refractivity contribution is 7.09. The van der Waals surface area contributed by atoms with E-state index in [1.54, 1.807) is 0 Å². The number of hydrogen-bond donors (Lipinski definition) is 1. The average molecular weight is 194 g/mol. The maximum Gasteiger partial charge on any atom is 0.0797 e. The molecule has 0 bridgehead atoms. The van der Waals surface area contributed by atoms with Crippen LogP contribution in [0.2, 0.25) is 0 Å². The number of fused-ring (bicyclic) bond motifs is 1. The van der Waals surface area contributed by atoms with Crippen LogP contribution in [0, 0.1) is 0 Å². The molecule has 0 spiro atoms.